The van der Waals surface area contributed by atoms with Crippen molar-refractivity contribution in [3.05, 3.63) is 83.9 Å². The highest BCUT2D eigenvalue weighted by Crippen LogP contribution is 2.51. The lowest BCUT2D eigenvalue weighted by Gasteiger charge is -2.21. The van der Waals surface area contributed by atoms with E-state index < -0.39 is 0 Å². The third kappa shape index (κ3) is 1.61. The fourth-order valence-corrected chi connectivity index (χ4v) is 4.87. The molecule has 4 aromatic carbocycles. The number of para-hydroxylation sites is 1. The Balaban J connectivity index is 1.80. The molecule has 0 radical (unpaired) electrons. The predicted molar refractivity (Wildman–Crippen MR) is 111 cm³/mol. The first-order chi connectivity index (χ1) is 12.6. The minimum Gasteiger partial charge on any atom is -0.354 e. The van der Waals surface area contributed by atoms with Crippen LogP contribution in [-0.2, 0) is 5.41 Å². The third-order valence-corrected chi connectivity index (χ3v) is 6.19. The van der Waals surface area contributed by atoms with Crippen molar-refractivity contribution in [2.45, 2.75) is 19.3 Å². The maximum Gasteiger partial charge on any atom is 0.0471 e. The molecule has 1 aliphatic rings. The van der Waals surface area contributed by atoms with Gasteiger partial charge < -0.3 is 4.98 Å². The Hall–Kier alpha value is -3.06. The molecule has 1 N–H and O–H groups in total. The summed E-state index contributed by atoms with van der Waals surface area (Å²) < 4.78 is 0. The summed E-state index contributed by atoms with van der Waals surface area (Å²) >= 11 is 0. The second-order valence-electron chi connectivity index (χ2n) is 7.95. The average molecular weight is 333 g/mol. The lowest BCUT2D eigenvalue weighted by Crippen LogP contribution is -2.14. The van der Waals surface area contributed by atoms with Gasteiger partial charge >= 0.3 is 0 Å². The Morgan fingerprint density at radius 3 is 2.38 bits per heavy atom. The first-order valence-corrected chi connectivity index (χ1v) is 9.22. The van der Waals surface area contributed by atoms with E-state index in [2.05, 4.69) is 91.6 Å². The summed E-state index contributed by atoms with van der Waals surface area (Å²) in [5.41, 5.74) is 8.12. The van der Waals surface area contributed by atoms with Crippen LogP contribution in [0.25, 0.3) is 43.7 Å². The minimum absolute atomic E-state index is 0.0511. The van der Waals surface area contributed by atoms with Gasteiger partial charge in [-0.15, -0.1) is 0 Å². The summed E-state index contributed by atoms with van der Waals surface area (Å²) in [6.45, 7) is 4.68. The van der Waals surface area contributed by atoms with Crippen LogP contribution in [0.15, 0.2) is 72.8 Å². The summed E-state index contributed by atoms with van der Waals surface area (Å²) in [6.07, 6.45) is 0. The number of aromatic nitrogens is 1. The van der Waals surface area contributed by atoms with Gasteiger partial charge in [-0.05, 0) is 51.2 Å². The number of fused-ring (bicyclic) bond motifs is 8. The van der Waals surface area contributed by atoms with Crippen LogP contribution < -0.4 is 0 Å². The molecule has 1 aliphatic carbocycles. The molecule has 0 saturated carbocycles. The largest absolute Gasteiger partial charge is 0.354 e. The monoisotopic (exact) mass is 333 g/mol. The van der Waals surface area contributed by atoms with Crippen molar-refractivity contribution in [2.75, 3.05) is 0 Å². The van der Waals surface area contributed by atoms with E-state index in [-0.39, 0.29) is 5.41 Å². The van der Waals surface area contributed by atoms with E-state index in [0.29, 0.717) is 0 Å². The number of rotatable bonds is 0. The van der Waals surface area contributed by atoms with Crippen molar-refractivity contribution in [2.24, 2.45) is 0 Å². The zero-order valence-corrected chi connectivity index (χ0v) is 14.9. The lowest BCUT2D eigenvalue weighted by atomic mass is 9.82. The van der Waals surface area contributed by atoms with Gasteiger partial charge in [-0.2, -0.15) is 0 Å². The Labute approximate surface area is 152 Å². The number of hydrogen-bond donors (Lipinski definition) is 1. The molecule has 1 nitrogen and oxygen atoms in total. The molecule has 0 saturated heterocycles. The Bertz CT molecular complexity index is 1350. The normalized spacial score (nSPS) is 14.8. The van der Waals surface area contributed by atoms with E-state index in [0.717, 1.165) is 0 Å². The van der Waals surface area contributed by atoms with Crippen LogP contribution in [0, 0.1) is 0 Å². The van der Waals surface area contributed by atoms with E-state index in [1.807, 2.05) is 0 Å². The van der Waals surface area contributed by atoms with Crippen LogP contribution in [-0.4, -0.2) is 4.98 Å². The summed E-state index contributed by atoms with van der Waals surface area (Å²) in [6, 6.07) is 26.7. The molecule has 6 rings (SSSR count). The molecule has 0 unspecified atom stereocenters. The van der Waals surface area contributed by atoms with Gasteiger partial charge in [0.15, 0.2) is 0 Å². The quantitative estimate of drug-likeness (QED) is 0.321. The number of aromatic amines is 1. The van der Waals surface area contributed by atoms with E-state index in [9.17, 15) is 0 Å². The highest BCUT2D eigenvalue weighted by molar-refractivity contribution is 6.15. The second kappa shape index (κ2) is 4.56. The molecule has 0 atom stereocenters. The van der Waals surface area contributed by atoms with Gasteiger partial charge in [0, 0.05) is 27.2 Å². The second-order valence-corrected chi connectivity index (χ2v) is 7.95. The smallest absolute Gasteiger partial charge is 0.0471 e. The number of benzene rings is 4. The van der Waals surface area contributed by atoms with Crippen LogP contribution in [0.5, 0.6) is 0 Å². The first-order valence-electron chi connectivity index (χ1n) is 9.22. The van der Waals surface area contributed by atoms with Crippen molar-refractivity contribution in [1.82, 2.24) is 4.98 Å². The van der Waals surface area contributed by atoms with Gasteiger partial charge in [0.1, 0.15) is 0 Å². The molecule has 5 aromatic rings. The standard InChI is InChI=1S/C25H19N/c1-25(2)20-9-5-3-8-17(20)24-18-14-23-19(13-15(18)11-12-21(24)25)16-7-4-6-10-22(16)26-23/h3-14,26H,1-2H3. The van der Waals surface area contributed by atoms with E-state index in [1.165, 1.54) is 54.8 Å². The fourth-order valence-electron chi connectivity index (χ4n) is 4.87. The lowest BCUT2D eigenvalue weighted by molar-refractivity contribution is 0.661. The van der Waals surface area contributed by atoms with Crippen molar-refractivity contribution < 1.29 is 0 Å². The van der Waals surface area contributed by atoms with E-state index in [4.69, 9.17) is 0 Å². The minimum atomic E-state index is 0.0511. The van der Waals surface area contributed by atoms with Crippen LogP contribution in [0.2, 0.25) is 0 Å². The zero-order valence-electron chi connectivity index (χ0n) is 14.9. The van der Waals surface area contributed by atoms with Gasteiger partial charge in [-0.25, -0.2) is 0 Å². The van der Waals surface area contributed by atoms with E-state index >= 15 is 0 Å². The molecule has 0 spiro atoms. The molecule has 26 heavy (non-hydrogen) atoms. The molecular weight excluding hydrogens is 314 g/mol. The molecule has 124 valence electrons. The van der Waals surface area contributed by atoms with Crippen molar-refractivity contribution in [3.8, 4) is 11.1 Å². The maximum atomic E-state index is 3.61. The summed E-state index contributed by atoms with van der Waals surface area (Å²) in [5, 5.41) is 5.26. The molecule has 0 bridgehead atoms. The third-order valence-electron chi connectivity index (χ3n) is 6.19. The summed E-state index contributed by atoms with van der Waals surface area (Å²) in [4.78, 5) is 3.61. The summed E-state index contributed by atoms with van der Waals surface area (Å²) in [5.74, 6) is 0. The van der Waals surface area contributed by atoms with Crippen LogP contribution in [0.1, 0.15) is 25.0 Å². The van der Waals surface area contributed by atoms with Crippen molar-refractivity contribution in [3.63, 3.8) is 0 Å². The molecule has 0 aliphatic heterocycles. The highest BCUT2D eigenvalue weighted by Gasteiger charge is 2.36. The molecule has 0 fully saturated rings. The molecule has 1 heterocycles. The summed E-state index contributed by atoms with van der Waals surface area (Å²) in [7, 11) is 0. The predicted octanol–water partition coefficient (Wildman–Crippen LogP) is 6.78. The van der Waals surface area contributed by atoms with Crippen LogP contribution >= 0.6 is 0 Å². The van der Waals surface area contributed by atoms with Crippen LogP contribution in [0.3, 0.4) is 0 Å². The topological polar surface area (TPSA) is 15.8 Å². The molecular formula is C25H19N. The van der Waals surface area contributed by atoms with E-state index in [1.54, 1.807) is 0 Å². The highest BCUT2D eigenvalue weighted by atomic mass is 14.7. The van der Waals surface area contributed by atoms with Crippen molar-refractivity contribution in [1.29, 1.82) is 0 Å². The Morgan fingerprint density at radius 2 is 1.46 bits per heavy atom. The SMILES string of the molecule is CC1(C)c2ccccc2-c2c1ccc1cc3c(cc21)[nH]c1ccccc13. The molecule has 1 heteroatoms. The fraction of sp³-hybridized carbons (Fsp3) is 0.120. The average Bonchev–Trinajstić information content (AvgIpc) is 3.13. The van der Waals surface area contributed by atoms with Gasteiger partial charge in [-0.1, -0.05) is 68.4 Å². The zero-order chi connectivity index (χ0) is 17.5. The van der Waals surface area contributed by atoms with Gasteiger partial charge in [-0.3, -0.25) is 0 Å². The number of nitrogens with one attached hydrogen (secondary N) is 1. The molecule has 1 aromatic heterocycles. The van der Waals surface area contributed by atoms with Gasteiger partial charge in [0.25, 0.3) is 0 Å². The van der Waals surface area contributed by atoms with Gasteiger partial charge in [0.05, 0.1) is 0 Å². The first kappa shape index (κ1) is 14.1. The maximum absolute atomic E-state index is 3.61. The Morgan fingerprint density at radius 1 is 0.654 bits per heavy atom. The molecule has 0 amide bonds. The van der Waals surface area contributed by atoms with Gasteiger partial charge in [0.2, 0.25) is 0 Å². The Kier molecular flexibility index (Phi) is 2.48. The number of H-pyrrole nitrogens is 1. The van der Waals surface area contributed by atoms with Crippen LogP contribution in [0.4, 0.5) is 0 Å². The van der Waals surface area contributed by atoms with Crippen molar-refractivity contribution >= 4 is 32.6 Å². The number of hydrogen-bond acceptors (Lipinski definition) is 0.